The Bertz CT molecular complexity index is 1020. The van der Waals surface area contributed by atoms with E-state index in [0.717, 1.165) is 17.2 Å². The average Bonchev–Trinajstić information content (AvgIpc) is 2.73. The number of rotatable bonds is 9. The molecule has 0 N–H and O–H groups in total. The van der Waals surface area contributed by atoms with Crippen LogP contribution in [-0.4, -0.2) is 32.2 Å². The normalized spacial score (nSPS) is 12.2. The van der Waals surface area contributed by atoms with Crippen molar-refractivity contribution in [1.29, 1.82) is 0 Å². The van der Waals surface area contributed by atoms with Gasteiger partial charge in [-0.1, -0.05) is 22.5 Å². The lowest BCUT2D eigenvalue weighted by atomic mass is 10.1. The zero-order chi connectivity index (χ0) is 23.9. The van der Waals surface area contributed by atoms with Crippen LogP contribution >= 0.6 is 0 Å². The third kappa shape index (κ3) is 6.29. The smallest absolute Gasteiger partial charge is 0.419 e. The molecule has 0 heterocycles. The summed E-state index contributed by atoms with van der Waals surface area (Å²) >= 11 is 0. The molecule has 2 rings (SSSR count). The van der Waals surface area contributed by atoms with Crippen LogP contribution in [0.2, 0.25) is 0 Å². The maximum atomic E-state index is 13.3. The number of alkyl halides is 3. The lowest BCUT2D eigenvalue weighted by Crippen LogP contribution is -2.24. The first-order chi connectivity index (χ1) is 15.1. The minimum atomic E-state index is -4.56. The van der Waals surface area contributed by atoms with Gasteiger partial charge in [0, 0.05) is 5.56 Å². The molecule has 0 atom stereocenters. The number of Topliss-reactive ketones (excluding diaryl/α,β-unsaturated/α-hetero) is 1. The summed E-state index contributed by atoms with van der Waals surface area (Å²) in [5.41, 5.74) is 1.85. The third-order valence-electron chi connectivity index (χ3n) is 4.57. The van der Waals surface area contributed by atoms with Gasteiger partial charge in [-0.05, 0) is 56.2 Å². The van der Waals surface area contributed by atoms with Crippen LogP contribution in [0.5, 0.6) is 5.75 Å². The molecule has 0 spiro atoms. The highest BCUT2D eigenvalue weighted by molar-refractivity contribution is 5.98. The summed E-state index contributed by atoms with van der Waals surface area (Å²) in [4.78, 5) is 17.1. The fourth-order valence-corrected chi connectivity index (χ4v) is 3.00. The Labute approximate surface area is 184 Å². The number of carbonyl (C=O) groups is 1. The molecule has 10 heteroatoms. The molecule has 2 aromatic carbocycles. The van der Waals surface area contributed by atoms with E-state index < -0.39 is 11.7 Å². The van der Waals surface area contributed by atoms with E-state index in [-0.39, 0.29) is 36.0 Å². The highest BCUT2D eigenvalue weighted by atomic mass is 19.4. The number of anilines is 1. The molecule has 2 aromatic rings. The number of nitrogens with zero attached hydrogens (tertiary/aromatic N) is 4. The molecule has 0 aliphatic carbocycles. The number of hydrogen-bond donors (Lipinski definition) is 0. The molecule has 0 unspecified atom stereocenters. The van der Waals surface area contributed by atoms with E-state index in [1.165, 1.54) is 38.2 Å². The minimum Gasteiger partial charge on any atom is -0.496 e. The topological polar surface area (TPSA) is 75.9 Å². The van der Waals surface area contributed by atoms with E-state index in [1.54, 1.807) is 13.0 Å². The number of aryl methyl sites for hydroxylation is 1. The number of carbonyl (C=O) groups excluding carboxylic acids is 1. The summed E-state index contributed by atoms with van der Waals surface area (Å²) in [5.74, 6) is -0.366. The Morgan fingerprint density at radius 2 is 1.88 bits per heavy atom. The molecule has 7 nitrogen and oxygen atoms in total. The van der Waals surface area contributed by atoms with Gasteiger partial charge in [-0.3, -0.25) is 4.79 Å². The van der Waals surface area contributed by atoms with Gasteiger partial charge in [0.05, 0.1) is 31.1 Å². The Hall–Kier alpha value is -3.43. The molecule has 172 valence electrons. The average molecular weight is 450 g/mol. The summed E-state index contributed by atoms with van der Waals surface area (Å²) < 4.78 is 44.6. The lowest BCUT2D eigenvalue weighted by molar-refractivity contribution is -0.138. The number of halogens is 3. The van der Waals surface area contributed by atoms with Gasteiger partial charge in [0.2, 0.25) is 0 Å². The zero-order valence-corrected chi connectivity index (χ0v) is 18.5. The maximum Gasteiger partial charge on any atom is 0.419 e. The first-order valence-corrected chi connectivity index (χ1v) is 9.65. The number of oxime groups is 1. The fraction of sp³-hybridized carbons (Fsp3) is 0.364. The van der Waals surface area contributed by atoms with Gasteiger partial charge in [0.25, 0.3) is 0 Å². The largest absolute Gasteiger partial charge is 0.496 e. The Kier molecular flexibility index (Phi) is 8.34. The number of ketones is 1. The molecule has 0 saturated carbocycles. The minimum absolute atomic E-state index is 0.0231. The van der Waals surface area contributed by atoms with Crippen LogP contribution in [0.3, 0.4) is 0 Å². The van der Waals surface area contributed by atoms with Crippen LogP contribution in [0, 0.1) is 6.92 Å². The van der Waals surface area contributed by atoms with Gasteiger partial charge in [0.15, 0.2) is 5.78 Å². The second-order valence-corrected chi connectivity index (χ2v) is 6.98. The Balaban J connectivity index is 2.29. The van der Waals surface area contributed by atoms with Crippen molar-refractivity contribution in [2.24, 2.45) is 15.5 Å². The standard InChI is InChI=1S/C22H25F3N4O3/c1-14-7-6-8-20(29(28-26-4)12-15(2)30)18(14)13-32-27-16(3)17-9-10-21(31-5)19(11-17)22(23,24)25/h6-11H,12-13H2,1-5H3/b27-16?,28-26-. The van der Waals surface area contributed by atoms with Crippen LogP contribution in [0.15, 0.2) is 51.9 Å². The third-order valence-corrected chi connectivity index (χ3v) is 4.57. The SMILES string of the molecule is C/N=N\N(CC(C)=O)c1cccc(C)c1CON=C(C)c1ccc(OC)c(C(F)(F)F)c1. The van der Waals surface area contributed by atoms with E-state index in [0.29, 0.717) is 5.69 Å². The van der Waals surface area contributed by atoms with Crippen molar-refractivity contribution in [3.63, 3.8) is 0 Å². The summed E-state index contributed by atoms with van der Waals surface area (Å²) in [6.07, 6.45) is -4.56. The van der Waals surface area contributed by atoms with E-state index in [2.05, 4.69) is 15.5 Å². The molecular weight excluding hydrogens is 425 g/mol. The summed E-state index contributed by atoms with van der Waals surface area (Å²) in [6, 6.07) is 9.15. The molecule has 0 saturated heterocycles. The number of ether oxygens (including phenoxy) is 1. The quantitative estimate of drug-likeness (QED) is 0.293. The predicted molar refractivity (Wildman–Crippen MR) is 115 cm³/mol. The van der Waals surface area contributed by atoms with Gasteiger partial charge in [-0.2, -0.15) is 18.3 Å². The molecule has 0 amide bonds. The molecule has 0 radical (unpaired) electrons. The highest BCUT2D eigenvalue weighted by Crippen LogP contribution is 2.36. The molecule has 0 aromatic heterocycles. The summed E-state index contributed by atoms with van der Waals surface area (Å²) in [5, 5.41) is 13.2. The highest BCUT2D eigenvalue weighted by Gasteiger charge is 2.34. The van der Waals surface area contributed by atoms with E-state index in [4.69, 9.17) is 9.57 Å². The van der Waals surface area contributed by atoms with Gasteiger partial charge in [-0.15, -0.1) is 0 Å². The van der Waals surface area contributed by atoms with Gasteiger partial charge < -0.3 is 9.57 Å². The second kappa shape index (κ2) is 10.7. The van der Waals surface area contributed by atoms with Crippen LogP contribution < -0.4 is 9.75 Å². The van der Waals surface area contributed by atoms with Crippen LogP contribution in [-0.2, 0) is 22.4 Å². The first-order valence-electron chi connectivity index (χ1n) is 9.65. The molecule has 0 aliphatic heterocycles. The predicted octanol–water partition coefficient (Wildman–Crippen LogP) is 5.36. The van der Waals surface area contributed by atoms with Crippen molar-refractivity contribution in [3.05, 3.63) is 58.7 Å². The van der Waals surface area contributed by atoms with Crippen LogP contribution in [0.4, 0.5) is 18.9 Å². The molecule has 0 bridgehead atoms. The van der Waals surface area contributed by atoms with Gasteiger partial charge >= 0.3 is 6.18 Å². The second-order valence-electron chi connectivity index (χ2n) is 6.98. The van der Waals surface area contributed by atoms with Crippen molar-refractivity contribution < 1.29 is 27.5 Å². The Morgan fingerprint density at radius 1 is 1.16 bits per heavy atom. The first kappa shape index (κ1) is 24.8. The molecule has 0 aliphatic rings. The van der Waals surface area contributed by atoms with Gasteiger partial charge in [0.1, 0.15) is 18.9 Å². The molecular formula is C22H25F3N4O3. The summed E-state index contributed by atoms with van der Waals surface area (Å²) in [6.45, 7) is 4.92. The molecule has 0 fully saturated rings. The molecule has 32 heavy (non-hydrogen) atoms. The van der Waals surface area contributed by atoms with Crippen LogP contribution in [0.25, 0.3) is 0 Å². The zero-order valence-electron chi connectivity index (χ0n) is 18.5. The van der Waals surface area contributed by atoms with Gasteiger partial charge in [-0.25, -0.2) is 5.01 Å². The Morgan fingerprint density at radius 3 is 2.47 bits per heavy atom. The van der Waals surface area contributed by atoms with Crippen molar-refractivity contribution in [3.8, 4) is 5.75 Å². The van der Waals surface area contributed by atoms with Crippen molar-refractivity contribution in [1.82, 2.24) is 0 Å². The van der Waals surface area contributed by atoms with E-state index in [9.17, 15) is 18.0 Å². The van der Waals surface area contributed by atoms with Crippen LogP contribution in [0.1, 0.15) is 36.1 Å². The fourth-order valence-electron chi connectivity index (χ4n) is 3.00. The number of methoxy groups -OCH3 is 1. The van der Waals surface area contributed by atoms with E-state index >= 15 is 0 Å². The monoisotopic (exact) mass is 450 g/mol. The van der Waals surface area contributed by atoms with Crippen molar-refractivity contribution >= 4 is 17.2 Å². The lowest BCUT2D eigenvalue weighted by Gasteiger charge is -2.20. The van der Waals surface area contributed by atoms with Crippen molar-refractivity contribution in [2.45, 2.75) is 33.6 Å². The number of benzene rings is 2. The maximum absolute atomic E-state index is 13.3. The van der Waals surface area contributed by atoms with Crippen molar-refractivity contribution in [2.75, 3.05) is 25.7 Å². The summed E-state index contributed by atoms with van der Waals surface area (Å²) in [7, 11) is 2.68. The number of hydrogen-bond acceptors (Lipinski definition) is 6. The van der Waals surface area contributed by atoms with E-state index in [1.807, 2.05) is 19.1 Å².